The van der Waals surface area contributed by atoms with E-state index in [1.165, 1.54) is 23.4 Å². The zero-order chi connectivity index (χ0) is 9.97. The van der Waals surface area contributed by atoms with E-state index in [9.17, 15) is 0 Å². The molecule has 15 heavy (non-hydrogen) atoms. The SMILES string of the molecule is CCCNC1CCc2[nH+]c(N)sc2C1.[HH].[Y]. The molecule has 1 atom stereocenters. The fraction of sp³-hybridized carbons (Fsp3) is 0.700. The van der Waals surface area contributed by atoms with Gasteiger partial charge in [-0.3, -0.25) is 5.73 Å². The molecule has 4 N–H and O–H groups in total. The molecule has 0 spiro atoms. The van der Waals surface area contributed by atoms with Gasteiger partial charge in [-0.05, 0) is 19.4 Å². The quantitative estimate of drug-likeness (QED) is 0.883. The summed E-state index contributed by atoms with van der Waals surface area (Å²) in [5.74, 6) is 0. The third kappa shape index (κ3) is 3.48. The van der Waals surface area contributed by atoms with Crippen LogP contribution in [-0.2, 0) is 45.6 Å². The van der Waals surface area contributed by atoms with Crippen LogP contribution >= 0.6 is 11.3 Å². The third-order valence-corrected chi connectivity index (χ3v) is 3.68. The van der Waals surface area contributed by atoms with Crippen LogP contribution in [0.5, 0.6) is 0 Å². The zero-order valence-electron chi connectivity index (χ0n) is 9.18. The van der Waals surface area contributed by atoms with Crippen molar-refractivity contribution >= 4 is 16.5 Å². The number of hydrogen-bond acceptors (Lipinski definition) is 3. The number of anilines is 1. The van der Waals surface area contributed by atoms with E-state index >= 15 is 0 Å². The second-order valence-corrected chi connectivity index (χ2v) is 5.02. The molecule has 5 heteroatoms. The number of thiazole rings is 1. The van der Waals surface area contributed by atoms with E-state index in [2.05, 4.69) is 17.2 Å². The molecule has 0 aromatic carbocycles. The fourth-order valence-electron chi connectivity index (χ4n) is 1.97. The maximum atomic E-state index is 5.75. The number of rotatable bonds is 3. The molecular weight excluding hydrogens is 283 g/mol. The molecule has 83 valence electrons. The first-order valence-electron chi connectivity index (χ1n) is 5.32. The molecule has 0 aliphatic heterocycles. The smallest absolute Gasteiger partial charge is 0.314 e. The van der Waals surface area contributed by atoms with Crippen molar-refractivity contribution in [2.45, 2.75) is 38.6 Å². The van der Waals surface area contributed by atoms with Crippen LogP contribution in [0.3, 0.4) is 0 Å². The van der Waals surface area contributed by atoms with Gasteiger partial charge in [0.15, 0.2) is 0 Å². The summed E-state index contributed by atoms with van der Waals surface area (Å²) in [5.41, 5.74) is 7.11. The summed E-state index contributed by atoms with van der Waals surface area (Å²) < 4.78 is 0. The zero-order valence-corrected chi connectivity index (χ0v) is 12.8. The van der Waals surface area contributed by atoms with Gasteiger partial charge in [-0.1, -0.05) is 18.3 Å². The number of aryl methyl sites for hydroxylation is 1. The number of H-pyrrole nitrogens is 1. The van der Waals surface area contributed by atoms with Crippen LogP contribution in [0.4, 0.5) is 5.13 Å². The van der Waals surface area contributed by atoms with Crippen LogP contribution in [0.2, 0.25) is 0 Å². The molecule has 1 aliphatic rings. The second kappa shape index (κ2) is 6.28. The van der Waals surface area contributed by atoms with Crippen LogP contribution in [0, 0.1) is 0 Å². The van der Waals surface area contributed by atoms with Crippen molar-refractivity contribution in [2.24, 2.45) is 0 Å². The van der Waals surface area contributed by atoms with Crippen molar-refractivity contribution in [3.63, 3.8) is 0 Å². The second-order valence-electron chi connectivity index (χ2n) is 3.89. The molecule has 1 heterocycles. The van der Waals surface area contributed by atoms with Gasteiger partial charge in [-0.2, -0.15) is 0 Å². The Morgan fingerprint density at radius 3 is 3.20 bits per heavy atom. The van der Waals surface area contributed by atoms with Gasteiger partial charge in [0.1, 0.15) is 5.69 Å². The Morgan fingerprint density at radius 1 is 1.67 bits per heavy atom. The summed E-state index contributed by atoms with van der Waals surface area (Å²) in [6.07, 6.45) is 4.74. The topological polar surface area (TPSA) is 52.2 Å². The van der Waals surface area contributed by atoms with Crippen molar-refractivity contribution in [1.29, 1.82) is 0 Å². The average molecular weight is 303 g/mol. The molecule has 0 saturated heterocycles. The summed E-state index contributed by atoms with van der Waals surface area (Å²) in [6.45, 7) is 3.34. The number of aromatic amines is 1. The summed E-state index contributed by atoms with van der Waals surface area (Å²) in [6, 6.07) is 0.661. The van der Waals surface area contributed by atoms with Gasteiger partial charge in [0.05, 0.1) is 4.88 Å². The molecule has 1 aromatic rings. The summed E-state index contributed by atoms with van der Waals surface area (Å²) in [5, 5.41) is 4.43. The van der Waals surface area contributed by atoms with E-state index in [4.69, 9.17) is 5.73 Å². The Bertz CT molecular complexity index is 319. The molecule has 1 aromatic heterocycles. The van der Waals surface area contributed by atoms with Gasteiger partial charge in [-0.15, -0.1) is 0 Å². The Labute approximate surface area is 122 Å². The summed E-state index contributed by atoms with van der Waals surface area (Å²) in [4.78, 5) is 4.69. The largest absolute Gasteiger partial charge is 0.329 e. The first-order valence-corrected chi connectivity index (χ1v) is 6.14. The first-order chi connectivity index (χ1) is 6.79. The van der Waals surface area contributed by atoms with Gasteiger partial charge in [-0.25, -0.2) is 4.98 Å². The number of nitrogens with two attached hydrogens (primary N) is 1. The maximum absolute atomic E-state index is 5.75. The molecule has 1 radical (unpaired) electrons. The molecule has 1 unspecified atom stereocenters. The van der Waals surface area contributed by atoms with Gasteiger partial charge < -0.3 is 5.32 Å². The minimum Gasteiger partial charge on any atom is -0.314 e. The number of aromatic nitrogens is 1. The van der Waals surface area contributed by atoms with Gasteiger partial charge >= 0.3 is 5.13 Å². The van der Waals surface area contributed by atoms with E-state index in [-0.39, 0.29) is 34.1 Å². The van der Waals surface area contributed by atoms with Gasteiger partial charge in [0, 0.05) is 53.0 Å². The fourth-order valence-corrected chi connectivity index (χ4v) is 2.97. The van der Waals surface area contributed by atoms with E-state index in [1.54, 1.807) is 11.3 Å². The molecule has 3 nitrogen and oxygen atoms in total. The van der Waals surface area contributed by atoms with Crippen LogP contribution < -0.4 is 16.0 Å². The number of nitrogens with one attached hydrogen (secondary N) is 2. The Kier molecular flexibility index (Phi) is 5.68. The van der Waals surface area contributed by atoms with Crippen molar-refractivity contribution in [3.05, 3.63) is 10.6 Å². The normalized spacial score (nSPS) is 19.4. The molecule has 0 bridgehead atoms. The van der Waals surface area contributed by atoms with E-state index < -0.39 is 0 Å². The van der Waals surface area contributed by atoms with Gasteiger partial charge in [0.25, 0.3) is 0 Å². The molecular formula is C10H20N3SY+. The van der Waals surface area contributed by atoms with E-state index in [0.29, 0.717) is 6.04 Å². The van der Waals surface area contributed by atoms with Crippen molar-refractivity contribution in [2.75, 3.05) is 12.3 Å². The Hall–Kier alpha value is 0.494. The summed E-state index contributed by atoms with van der Waals surface area (Å²) in [7, 11) is 0. The van der Waals surface area contributed by atoms with Crippen LogP contribution in [0.1, 0.15) is 31.8 Å². The Morgan fingerprint density at radius 2 is 2.47 bits per heavy atom. The van der Waals surface area contributed by atoms with Crippen LogP contribution in [0.25, 0.3) is 0 Å². The van der Waals surface area contributed by atoms with Crippen molar-refractivity contribution in [3.8, 4) is 0 Å². The predicted octanol–water partition coefficient (Wildman–Crippen LogP) is 1.24. The molecule has 2 rings (SSSR count). The first kappa shape index (κ1) is 13.6. The van der Waals surface area contributed by atoms with Crippen molar-refractivity contribution < 1.29 is 39.1 Å². The minimum absolute atomic E-state index is 0. The van der Waals surface area contributed by atoms with Crippen molar-refractivity contribution in [1.82, 2.24) is 5.32 Å². The number of nitrogen functional groups attached to an aromatic ring is 1. The molecule has 0 amide bonds. The Balaban J connectivity index is 0.00000112. The monoisotopic (exact) mass is 303 g/mol. The standard InChI is InChI=1S/C10H17N3S.Y.H2/c1-2-5-12-7-3-4-8-9(6-7)14-10(11)13-8;;/h7,12H,2-6H2,1H3,(H2,11,13);;1H/p+1. The predicted molar refractivity (Wildman–Crippen MR) is 61.5 cm³/mol. The van der Waals surface area contributed by atoms with E-state index in [0.717, 1.165) is 24.5 Å². The average Bonchev–Trinajstić information content (AvgIpc) is 2.54. The number of fused-ring (bicyclic) bond motifs is 1. The minimum atomic E-state index is 0. The van der Waals surface area contributed by atoms with Gasteiger partial charge in [0.2, 0.25) is 0 Å². The molecule has 0 fully saturated rings. The van der Waals surface area contributed by atoms with E-state index in [1.807, 2.05) is 0 Å². The third-order valence-electron chi connectivity index (χ3n) is 2.70. The number of hydrogen-bond donors (Lipinski definition) is 2. The van der Waals surface area contributed by atoms with Crippen LogP contribution in [-0.4, -0.2) is 12.6 Å². The maximum Gasteiger partial charge on any atom is 0.329 e. The van der Waals surface area contributed by atoms with Crippen LogP contribution in [0.15, 0.2) is 0 Å². The summed E-state index contributed by atoms with van der Waals surface area (Å²) >= 11 is 1.71. The molecule has 0 saturated carbocycles. The molecule has 1 aliphatic carbocycles.